The van der Waals surface area contributed by atoms with Crippen LogP contribution in [0.25, 0.3) is 16.3 Å². The third kappa shape index (κ3) is 5.21. The lowest BCUT2D eigenvalue weighted by Crippen LogP contribution is -2.40. The first kappa shape index (κ1) is 24.6. The molecule has 7 nitrogen and oxygen atoms in total. The van der Waals surface area contributed by atoms with Crippen molar-refractivity contribution in [1.29, 1.82) is 0 Å². The van der Waals surface area contributed by atoms with Gasteiger partial charge in [-0.25, -0.2) is 13.4 Å². The predicted molar refractivity (Wildman–Crippen MR) is 143 cm³/mol. The van der Waals surface area contributed by atoms with E-state index in [-0.39, 0.29) is 10.8 Å². The summed E-state index contributed by atoms with van der Waals surface area (Å²) < 4.78 is 33.7. The van der Waals surface area contributed by atoms with Crippen LogP contribution in [0.1, 0.15) is 5.56 Å². The number of sulfonamides is 1. The van der Waals surface area contributed by atoms with Crippen molar-refractivity contribution in [3.8, 4) is 0 Å². The molecule has 1 amide bonds. The maximum absolute atomic E-state index is 13.4. The maximum atomic E-state index is 13.4. The Hall–Kier alpha value is -3.08. The van der Waals surface area contributed by atoms with E-state index in [0.717, 1.165) is 15.8 Å². The van der Waals surface area contributed by atoms with Crippen molar-refractivity contribution < 1.29 is 17.9 Å². The summed E-state index contributed by atoms with van der Waals surface area (Å²) in [5, 5.41) is 1.10. The molecule has 0 aliphatic carbocycles. The number of carbonyl (C=O) groups excluding carboxylic acids is 1. The zero-order chi connectivity index (χ0) is 25.1. The summed E-state index contributed by atoms with van der Waals surface area (Å²) >= 11 is 7.35. The summed E-state index contributed by atoms with van der Waals surface area (Å²) in [6.07, 6.45) is 3.17. The molecule has 5 rings (SSSR count). The molecule has 2 heterocycles. The molecule has 0 atom stereocenters. The van der Waals surface area contributed by atoms with E-state index >= 15 is 0 Å². The number of fused-ring (bicyclic) bond motifs is 1. The summed E-state index contributed by atoms with van der Waals surface area (Å²) in [5.74, 6) is -0.312. The fraction of sp³-hybridized carbons (Fsp3) is 0.154. The number of hydrogen-bond donors (Lipinski definition) is 0. The number of hydrogen-bond acceptors (Lipinski definition) is 6. The van der Waals surface area contributed by atoms with Crippen molar-refractivity contribution in [3.63, 3.8) is 0 Å². The topological polar surface area (TPSA) is 79.8 Å². The fourth-order valence-electron chi connectivity index (χ4n) is 3.81. The second-order valence-corrected chi connectivity index (χ2v) is 11.4. The first-order chi connectivity index (χ1) is 17.4. The molecule has 1 fully saturated rings. The molecule has 1 aliphatic rings. The molecule has 0 N–H and O–H groups in total. The zero-order valence-electron chi connectivity index (χ0n) is 19.1. The minimum atomic E-state index is -3.65. The van der Waals surface area contributed by atoms with Crippen LogP contribution in [0.5, 0.6) is 0 Å². The van der Waals surface area contributed by atoms with Crippen LogP contribution < -0.4 is 4.90 Å². The molecule has 4 aromatic rings. The zero-order valence-corrected chi connectivity index (χ0v) is 21.5. The van der Waals surface area contributed by atoms with Gasteiger partial charge in [-0.15, -0.1) is 0 Å². The molecule has 1 aromatic heterocycles. The lowest BCUT2D eigenvalue weighted by Gasteiger charge is -2.26. The van der Waals surface area contributed by atoms with E-state index in [1.165, 1.54) is 38.8 Å². The SMILES string of the molecule is O=C(/C=C/c1ccc(Cl)cc1)N(c1ccc(S(=O)(=O)N2CCOCC2)cc1)c1nc2ccccc2s1. The van der Waals surface area contributed by atoms with E-state index in [1.807, 2.05) is 36.4 Å². The van der Waals surface area contributed by atoms with Gasteiger partial charge in [0.2, 0.25) is 10.0 Å². The smallest absolute Gasteiger partial charge is 0.257 e. The number of amides is 1. The molecule has 10 heteroatoms. The number of anilines is 2. The minimum absolute atomic E-state index is 0.168. The Labute approximate surface area is 218 Å². The molecule has 36 heavy (non-hydrogen) atoms. The quantitative estimate of drug-likeness (QED) is 0.309. The van der Waals surface area contributed by atoms with Gasteiger partial charge in [-0.05, 0) is 60.2 Å². The second-order valence-electron chi connectivity index (χ2n) is 8.03. The minimum Gasteiger partial charge on any atom is -0.379 e. The highest BCUT2D eigenvalue weighted by atomic mass is 35.5. The molecule has 0 radical (unpaired) electrons. The van der Waals surface area contributed by atoms with Crippen LogP contribution >= 0.6 is 22.9 Å². The van der Waals surface area contributed by atoms with Crippen LogP contribution in [0.15, 0.2) is 83.8 Å². The number of benzene rings is 3. The molecule has 0 saturated carbocycles. The monoisotopic (exact) mass is 539 g/mol. The van der Waals surface area contributed by atoms with Gasteiger partial charge in [-0.2, -0.15) is 4.31 Å². The highest BCUT2D eigenvalue weighted by molar-refractivity contribution is 7.89. The first-order valence-electron chi connectivity index (χ1n) is 11.2. The van der Waals surface area contributed by atoms with Crippen LogP contribution in [-0.2, 0) is 19.6 Å². The van der Waals surface area contributed by atoms with E-state index in [0.29, 0.717) is 42.1 Å². The fourth-order valence-corrected chi connectivity index (χ4v) is 6.33. The number of morpholine rings is 1. The summed E-state index contributed by atoms with van der Waals surface area (Å²) in [5.41, 5.74) is 2.12. The number of halogens is 1. The summed E-state index contributed by atoms with van der Waals surface area (Å²) in [7, 11) is -3.65. The molecule has 1 aliphatic heterocycles. The van der Waals surface area contributed by atoms with Crippen LogP contribution in [0.2, 0.25) is 5.02 Å². The summed E-state index contributed by atoms with van der Waals surface area (Å²) in [6, 6.07) is 21.1. The van der Waals surface area contributed by atoms with Crippen molar-refractivity contribution in [2.24, 2.45) is 0 Å². The van der Waals surface area contributed by atoms with Gasteiger partial charge >= 0.3 is 0 Å². The third-order valence-corrected chi connectivity index (χ3v) is 8.87. The molecule has 0 spiro atoms. The highest BCUT2D eigenvalue weighted by Crippen LogP contribution is 2.34. The van der Waals surface area contributed by atoms with Crippen LogP contribution in [0, 0.1) is 0 Å². The number of aromatic nitrogens is 1. The third-order valence-electron chi connectivity index (χ3n) is 5.69. The van der Waals surface area contributed by atoms with Crippen LogP contribution in [0.3, 0.4) is 0 Å². The standard InChI is InChI=1S/C26H22ClN3O4S2/c27-20-8-5-19(6-9-20)7-14-25(31)30(26-28-23-3-1-2-4-24(23)35-26)21-10-12-22(13-11-21)36(32,33)29-15-17-34-18-16-29/h1-14H,15-18H2/b14-7+. The van der Waals surface area contributed by atoms with Gasteiger partial charge in [0.1, 0.15) is 0 Å². The van der Waals surface area contributed by atoms with E-state index in [4.69, 9.17) is 16.3 Å². The Balaban J connectivity index is 1.49. The number of nitrogens with zero attached hydrogens (tertiary/aromatic N) is 3. The first-order valence-corrected chi connectivity index (χ1v) is 13.9. The van der Waals surface area contributed by atoms with Crippen molar-refractivity contribution in [2.75, 3.05) is 31.2 Å². The maximum Gasteiger partial charge on any atom is 0.257 e. The molecular formula is C26H22ClN3O4S2. The number of thiazole rings is 1. The Bertz CT molecular complexity index is 1480. The number of ether oxygens (including phenoxy) is 1. The molecule has 0 unspecified atom stereocenters. The Morgan fingerprint density at radius 3 is 2.39 bits per heavy atom. The molecule has 184 valence electrons. The van der Waals surface area contributed by atoms with Crippen molar-refractivity contribution in [2.45, 2.75) is 4.90 Å². The summed E-state index contributed by atoms with van der Waals surface area (Å²) in [6.45, 7) is 1.38. The predicted octanol–water partition coefficient (Wildman–Crippen LogP) is 5.35. The lowest BCUT2D eigenvalue weighted by molar-refractivity contribution is -0.113. The molecule has 3 aromatic carbocycles. The Kier molecular flexibility index (Phi) is 7.17. The molecular weight excluding hydrogens is 518 g/mol. The second kappa shape index (κ2) is 10.5. The van der Waals surface area contributed by atoms with E-state index in [1.54, 1.807) is 30.3 Å². The van der Waals surface area contributed by atoms with Gasteiger partial charge < -0.3 is 4.74 Å². The van der Waals surface area contributed by atoms with Crippen molar-refractivity contribution >= 4 is 66.0 Å². The summed E-state index contributed by atoms with van der Waals surface area (Å²) in [4.78, 5) is 19.7. The van der Waals surface area contributed by atoms with Gasteiger partial charge in [0.25, 0.3) is 5.91 Å². The number of para-hydroxylation sites is 1. The van der Waals surface area contributed by atoms with Gasteiger partial charge in [-0.1, -0.05) is 47.2 Å². The number of rotatable bonds is 6. The van der Waals surface area contributed by atoms with E-state index in [2.05, 4.69) is 4.98 Å². The van der Waals surface area contributed by atoms with Gasteiger partial charge in [0, 0.05) is 24.2 Å². The van der Waals surface area contributed by atoms with Gasteiger partial charge in [0.05, 0.1) is 34.0 Å². The van der Waals surface area contributed by atoms with Gasteiger partial charge in [-0.3, -0.25) is 9.69 Å². The van der Waals surface area contributed by atoms with Crippen LogP contribution in [0.4, 0.5) is 10.8 Å². The average Bonchev–Trinajstić information content (AvgIpc) is 3.33. The molecule has 0 bridgehead atoms. The number of carbonyl (C=O) groups is 1. The van der Waals surface area contributed by atoms with E-state index < -0.39 is 10.0 Å². The van der Waals surface area contributed by atoms with Gasteiger partial charge in [0.15, 0.2) is 5.13 Å². The van der Waals surface area contributed by atoms with E-state index in [9.17, 15) is 13.2 Å². The lowest BCUT2D eigenvalue weighted by atomic mass is 10.2. The Morgan fingerprint density at radius 2 is 1.69 bits per heavy atom. The van der Waals surface area contributed by atoms with Crippen molar-refractivity contribution in [3.05, 3.63) is 89.5 Å². The highest BCUT2D eigenvalue weighted by Gasteiger charge is 2.27. The average molecular weight is 540 g/mol. The normalized spacial score (nSPS) is 14.9. The van der Waals surface area contributed by atoms with Crippen LogP contribution in [-0.4, -0.2) is 49.9 Å². The Morgan fingerprint density at radius 1 is 1.00 bits per heavy atom. The molecule has 1 saturated heterocycles. The largest absolute Gasteiger partial charge is 0.379 e. The van der Waals surface area contributed by atoms with Crippen molar-refractivity contribution in [1.82, 2.24) is 9.29 Å².